The predicted molar refractivity (Wildman–Crippen MR) is 73.6 cm³/mol. The molecule has 0 amide bonds. The van der Waals surface area contributed by atoms with Crippen molar-refractivity contribution in [3.8, 4) is 0 Å². The van der Waals surface area contributed by atoms with E-state index in [-0.39, 0.29) is 0 Å². The molecule has 1 aromatic carbocycles. The lowest BCUT2D eigenvalue weighted by Crippen LogP contribution is -2.41. The smallest absolute Gasteiger partial charge is 0.0700 e. The minimum Gasteiger partial charge on any atom is -0.377 e. The van der Waals surface area contributed by atoms with Crippen molar-refractivity contribution in [3.63, 3.8) is 0 Å². The van der Waals surface area contributed by atoms with Crippen LogP contribution in [-0.2, 0) is 11.2 Å². The summed E-state index contributed by atoms with van der Waals surface area (Å²) in [6.07, 6.45) is 2.65. The van der Waals surface area contributed by atoms with Crippen molar-refractivity contribution >= 4 is 0 Å². The number of benzene rings is 1. The molecule has 3 rings (SSSR count). The number of fused-ring (bicyclic) bond motifs is 1. The fourth-order valence-corrected chi connectivity index (χ4v) is 3.47. The number of hydrogen-bond acceptors (Lipinski definition) is 2. The summed E-state index contributed by atoms with van der Waals surface area (Å²) in [4.78, 5) is 0. The summed E-state index contributed by atoms with van der Waals surface area (Å²) in [7, 11) is 0. The maximum absolute atomic E-state index is 5.67. The zero-order chi connectivity index (χ0) is 12.8. The van der Waals surface area contributed by atoms with Crippen LogP contribution in [0.4, 0.5) is 0 Å². The molecule has 2 nitrogen and oxygen atoms in total. The third kappa shape index (κ3) is 1.98. The van der Waals surface area contributed by atoms with E-state index in [1.165, 1.54) is 17.5 Å². The summed E-state index contributed by atoms with van der Waals surface area (Å²) in [6.45, 7) is 7.81. The molecule has 98 valence electrons. The highest BCUT2D eigenvalue weighted by molar-refractivity contribution is 5.37. The minimum absolute atomic E-state index is 0.298. The summed E-state index contributed by atoms with van der Waals surface area (Å²) >= 11 is 0. The van der Waals surface area contributed by atoms with Gasteiger partial charge in [-0.1, -0.05) is 38.1 Å². The summed E-state index contributed by atoms with van der Waals surface area (Å²) in [5.41, 5.74) is 3.29. The van der Waals surface area contributed by atoms with Crippen molar-refractivity contribution < 1.29 is 4.74 Å². The Hall–Kier alpha value is -0.860. The highest BCUT2D eigenvalue weighted by Gasteiger charge is 2.40. The van der Waals surface area contributed by atoms with Gasteiger partial charge in [0.15, 0.2) is 0 Å². The maximum Gasteiger partial charge on any atom is 0.0700 e. The van der Waals surface area contributed by atoms with Crippen LogP contribution in [0.25, 0.3) is 0 Å². The van der Waals surface area contributed by atoms with Crippen molar-refractivity contribution in [1.82, 2.24) is 5.32 Å². The van der Waals surface area contributed by atoms with Gasteiger partial charge in [0.2, 0.25) is 0 Å². The molecule has 1 aliphatic heterocycles. The lowest BCUT2D eigenvalue weighted by molar-refractivity contribution is 0.105. The molecule has 0 saturated carbocycles. The average Bonchev–Trinajstić information content (AvgIpc) is 2.82. The van der Waals surface area contributed by atoms with E-state index in [0.29, 0.717) is 23.6 Å². The van der Waals surface area contributed by atoms with Crippen LogP contribution in [0, 0.1) is 5.41 Å². The fraction of sp³-hybridized carbons (Fsp3) is 0.625. The van der Waals surface area contributed by atoms with Gasteiger partial charge in [0.1, 0.15) is 0 Å². The normalized spacial score (nSPS) is 33.6. The molecule has 2 heteroatoms. The van der Waals surface area contributed by atoms with Crippen LogP contribution in [0.15, 0.2) is 24.3 Å². The Morgan fingerprint density at radius 2 is 2.06 bits per heavy atom. The van der Waals surface area contributed by atoms with Crippen molar-refractivity contribution in [3.05, 3.63) is 35.4 Å². The van der Waals surface area contributed by atoms with Gasteiger partial charge in [0.05, 0.1) is 6.10 Å². The third-order valence-electron chi connectivity index (χ3n) is 4.55. The van der Waals surface area contributed by atoms with Crippen molar-refractivity contribution in [2.24, 2.45) is 5.41 Å². The van der Waals surface area contributed by atoms with Crippen LogP contribution in [0.2, 0.25) is 0 Å². The van der Waals surface area contributed by atoms with E-state index in [1.807, 2.05) is 0 Å². The third-order valence-corrected chi connectivity index (χ3v) is 4.55. The molecule has 1 aliphatic carbocycles. The quantitative estimate of drug-likeness (QED) is 0.864. The molecule has 18 heavy (non-hydrogen) atoms. The molecule has 0 radical (unpaired) electrons. The average molecular weight is 245 g/mol. The Labute approximate surface area is 110 Å². The van der Waals surface area contributed by atoms with Gasteiger partial charge in [-0.3, -0.25) is 0 Å². The second-order valence-electron chi connectivity index (χ2n) is 6.43. The van der Waals surface area contributed by atoms with Gasteiger partial charge in [0, 0.05) is 18.7 Å². The van der Waals surface area contributed by atoms with Gasteiger partial charge in [0.25, 0.3) is 0 Å². The van der Waals surface area contributed by atoms with Crippen LogP contribution in [0.3, 0.4) is 0 Å². The summed E-state index contributed by atoms with van der Waals surface area (Å²) in [6, 6.07) is 9.82. The topological polar surface area (TPSA) is 21.3 Å². The second-order valence-corrected chi connectivity index (χ2v) is 6.43. The lowest BCUT2D eigenvalue weighted by atomic mass is 9.84. The predicted octanol–water partition coefficient (Wildman–Crippen LogP) is 3.08. The molecule has 0 aromatic heterocycles. The zero-order valence-corrected chi connectivity index (χ0v) is 11.6. The van der Waals surface area contributed by atoms with Crippen molar-refractivity contribution in [2.45, 2.75) is 51.8 Å². The summed E-state index contributed by atoms with van der Waals surface area (Å²) in [5.74, 6) is 0. The minimum atomic E-state index is 0.298. The van der Waals surface area contributed by atoms with Crippen molar-refractivity contribution in [1.29, 1.82) is 0 Å². The summed E-state index contributed by atoms with van der Waals surface area (Å²) in [5, 5.41) is 3.85. The first kappa shape index (κ1) is 12.2. The number of rotatable bonds is 2. The first-order valence-electron chi connectivity index (χ1n) is 7.03. The zero-order valence-electron chi connectivity index (χ0n) is 11.6. The van der Waals surface area contributed by atoms with Gasteiger partial charge in [-0.05, 0) is 36.3 Å². The van der Waals surface area contributed by atoms with Crippen LogP contribution in [0.5, 0.6) is 0 Å². The molecule has 2 aliphatic rings. The highest BCUT2D eigenvalue weighted by Crippen LogP contribution is 2.45. The summed E-state index contributed by atoms with van der Waals surface area (Å²) < 4.78 is 5.67. The van der Waals surface area contributed by atoms with E-state index in [9.17, 15) is 0 Å². The second kappa shape index (κ2) is 4.36. The number of nitrogens with one attached hydrogen (secondary N) is 1. The fourth-order valence-electron chi connectivity index (χ4n) is 3.47. The van der Waals surface area contributed by atoms with E-state index in [1.54, 1.807) is 0 Å². The Bertz CT molecular complexity index is 440. The molecule has 1 aromatic rings. The van der Waals surface area contributed by atoms with Crippen LogP contribution in [-0.4, -0.2) is 18.8 Å². The van der Waals surface area contributed by atoms with E-state index in [0.717, 1.165) is 13.0 Å². The molecule has 3 atom stereocenters. The largest absolute Gasteiger partial charge is 0.377 e. The Balaban J connectivity index is 1.85. The molecule has 1 fully saturated rings. The highest BCUT2D eigenvalue weighted by atomic mass is 16.5. The number of ether oxygens (including phenoxy) is 1. The van der Waals surface area contributed by atoms with E-state index in [2.05, 4.69) is 50.4 Å². The van der Waals surface area contributed by atoms with Gasteiger partial charge < -0.3 is 10.1 Å². The van der Waals surface area contributed by atoms with Gasteiger partial charge in [-0.25, -0.2) is 0 Å². The molecular formula is C16H23NO. The van der Waals surface area contributed by atoms with Gasteiger partial charge >= 0.3 is 0 Å². The SMILES string of the molecule is CC1OCCC1NC1c2ccccc2CC1(C)C. The first-order valence-corrected chi connectivity index (χ1v) is 7.03. The molecular weight excluding hydrogens is 222 g/mol. The van der Waals surface area contributed by atoms with Crippen LogP contribution < -0.4 is 5.32 Å². The molecule has 3 unspecified atom stereocenters. The Morgan fingerprint density at radius 1 is 1.28 bits per heavy atom. The molecule has 1 saturated heterocycles. The van der Waals surface area contributed by atoms with Crippen LogP contribution >= 0.6 is 0 Å². The van der Waals surface area contributed by atoms with E-state index in [4.69, 9.17) is 4.74 Å². The lowest BCUT2D eigenvalue weighted by Gasteiger charge is -2.32. The maximum atomic E-state index is 5.67. The molecule has 0 bridgehead atoms. The van der Waals surface area contributed by atoms with Gasteiger partial charge in [-0.2, -0.15) is 0 Å². The standard InChI is InChI=1S/C16H23NO/c1-11-14(8-9-18-11)17-15-13-7-5-4-6-12(13)10-16(15,2)3/h4-7,11,14-15,17H,8-10H2,1-3H3. The Morgan fingerprint density at radius 3 is 2.78 bits per heavy atom. The first-order chi connectivity index (χ1) is 8.58. The van der Waals surface area contributed by atoms with E-state index < -0.39 is 0 Å². The van der Waals surface area contributed by atoms with Crippen molar-refractivity contribution in [2.75, 3.05) is 6.61 Å². The molecule has 1 heterocycles. The van der Waals surface area contributed by atoms with E-state index >= 15 is 0 Å². The molecule has 0 spiro atoms. The molecule has 1 N–H and O–H groups in total. The number of hydrogen-bond donors (Lipinski definition) is 1. The van der Waals surface area contributed by atoms with Crippen LogP contribution in [0.1, 0.15) is 44.4 Å². The Kier molecular flexibility index (Phi) is 2.95. The monoisotopic (exact) mass is 245 g/mol. The van der Waals surface area contributed by atoms with Gasteiger partial charge in [-0.15, -0.1) is 0 Å².